The number of hydrogen-bond acceptors (Lipinski definition) is 6. The Morgan fingerprint density at radius 1 is 1.19 bits per heavy atom. The summed E-state index contributed by atoms with van der Waals surface area (Å²) in [6, 6.07) is 14.4. The summed E-state index contributed by atoms with van der Waals surface area (Å²) in [5.41, 5.74) is 11.6. The quantitative estimate of drug-likeness (QED) is 0.802. The second-order valence-corrected chi connectivity index (χ2v) is 8.01. The molecule has 0 aliphatic carbocycles. The third-order valence-electron chi connectivity index (χ3n) is 4.92. The minimum Gasteiger partial charge on any atom is -0.497 e. The van der Waals surface area contributed by atoms with Crippen molar-refractivity contribution in [3.8, 4) is 5.75 Å². The summed E-state index contributed by atoms with van der Waals surface area (Å²) < 4.78 is 5.35. The summed E-state index contributed by atoms with van der Waals surface area (Å²) in [4.78, 5) is 10.6. The number of ether oxygens (including phenoxy) is 1. The lowest BCUT2D eigenvalue weighted by molar-refractivity contribution is 0.414. The fraction of sp³-hybridized carbons (Fsp3) is 0.286. The fourth-order valence-corrected chi connectivity index (χ4v) is 4.55. The molecule has 0 saturated carbocycles. The molecule has 0 spiro atoms. The Labute approximate surface area is 164 Å². The monoisotopic (exact) mass is 380 g/mol. The molecule has 4 rings (SSSR count). The van der Waals surface area contributed by atoms with Crippen LogP contribution in [0, 0.1) is 0 Å². The zero-order valence-electron chi connectivity index (χ0n) is 15.8. The van der Waals surface area contributed by atoms with Gasteiger partial charge in [0.2, 0.25) is 0 Å². The van der Waals surface area contributed by atoms with Crippen LogP contribution >= 0.6 is 11.8 Å². The van der Waals surface area contributed by atoms with Crippen LogP contribution < -0.4 is 20.3 Å². The van der Waals surface area contributed by atoms with Crippen LogP contribution in [-0.4, -0.2) is 33.5 Å². The van der Waals surface area contributed by atoms with Crippen molar-refractivity contribution in [1.82, 2.24) is 0 Å². The van der Waals surface area contributed by atoms with Gasteiger partial charge in [0.1, 0.15) is 11.1 Å². The highest BCUT2D eigenvalue weighted by Crippen LogP contribution is 2.47. The van der Waals surface area contributed by atoms with Crippen LogP contribution in [-0.2, 0) is 0 Å². The number of rotatable bonds is 4. The Bertz CT molecular complexity index is 905. The third-order valence-corrected chi connectivity index (χ3v) is 6.09. The number of hydrogen-bond donors (Lipinski definition) is 1. The molecule has 2 aromatic rings. The summed E-state index contributed by atoms with van der Waals surface area (Å²) in [5, 5.41) is -0.00239. The molecule has 27 heavy (non-hydrogen) atoms. The Morgan fingerprint density at radius 3 is 2.67 bits per heavy atom. The maximum Gasteiger partial charge on any atom is 0.127 e. The molecule has 0 radical (unpaired) electrons. The van der Waals surface area contributed by atoms with Gasteiger partial charge in [-0.3, -0.25) is 4.99 Å². The molecule has 140 valence electrons. The highest BCUT2D eigenvalue weighted by molar-refractivity contribution is 8.04. The smallest absolute Gasteiger partial charge is 0.127 e. The van der Waals surface area contributed by atoms with E-state index in [0.29, 0.717) is 0 Å². The lowest BCUT2D eigenvalue weighted by atomic mass is 10.1. The number of allylic oxidation sites excluding steroid dienone is 1. The topological polar surface area (TPSA) is 54.1 Å². The SMILES string of the molecule is COc1ccc(N)c(C2N=C3CCN(c4ccc(N(C)C)cc4)C=C3S2)c1. The number of benzene rings is 2. The summed E-state index contributed by atoms with van der Waals surface area (Å²) in [6.45, 7) is 0.935. The molecule has 1 unspecified atom stereocenters. The second-order valence-electron chi connectivity index (χ2n) is 6.89. The number of nitrogen functional groups attached to an aromatic ring is 1. The van der Waals surface area contributed by atoms with E-state index >= 15 is 0 Å². The van der Waals surface area contributed by atoms with Gasteiger partial charge >= 0.3 is 0 Å². The zero-order valence-corrected chi connectivity index (χ0v) is 16.7. The van der Waals surface area contributed by atoms with Crippen molar-refractivity contribution < 1.29 is 4.74 Å². The largest absolute Gasteiger partial charge is 0.497 e. The Kier molecular flexibility index (Phi) is 4.74. The third kappa shape index (κ3) is 3.49. The van der Waals surface area contributed by atoms with Crippen molar-refractivity contribution in [2.24, 2.45) is 4.99 Å². The number of aliphatic imine (C=N–C) groups is 1. The summed E-state index contributed by atoms with van der Waals surface area (Å²) >= 11 is 1.76. The molecule has 2 N–H and O–H groups in total. The Hall–Kier alpha value is -2.60. The van der Waals surface area contributed by atoms with E-state index in [1.165, 1.54) is 22.0 Å². The normalized spacial score (nSPS) is 18.6. The molecule has 6 heteroatoms. The molecule has 0 fully saturated rings. The number of fused-ring (bicyclic) bond motifs is 1. The number of nitrogens with two attached hydrogens (primary N) is 1. The minimum atomic E-state index is -0.00239. The number of nitrogens with zero attached hydrogens (tertiary/aromatic N) is 3. The first-order valence-electron chi connectivity index (χ1n) is 8.98. The van der Waals surface area contributed by atoms with Crippen molar-refractivity contribution >= 4 is 34.5 Å². The molecule has 0 amide bonds. The number of thioether (sulfide) groups is 1. The van der Waals surface area contributed by atoms with Gasteiger partial charge in [0.05, 0.1) is 12.8 Å². The van der Waals surface area contributed by atoms with Gasteiger partial charge in [0.15, 0.2) is 0 Å². The summed E-state index contributed by atoms with van der Waals surface area (Å²) in [5.74, 6) is 0.812. The molecule has 2 aromatic carbocycles. The van der Waals surface area contributed by atoms with Gasteiger partial charge in [0.25, 0.3) is 0 Å². The number of anilines is 3. The van der Waals surface area contributed by atoms with E-state index < -0.39 is 0 Å². The summed E-state index contributed by atoms with van der Waals surface area (Å²) in [6.07, 6.45) is 3.16. The van der Waals surface area contributed by atoms with Crippen LogP contribution in [0.5, 0.6) is 5.75 Å². The van der Waals surface area contributed by atoms with E-state index in [0.717, 1.165) is 30.0 Å². The van der Waals surface area contributed by atoms with Crippen molar-refractivity contribution in [2.45, 2.75) is 11.8 Å². The molecule has 0 bridgehead atoms. The van der Waals surface area contributed by atoms with Gasteiger partial charge in [0, 0.05) is 60.8 Å². The molecule has 2 aliphatic heterocycles. The van der Waals surface area contributed by atoms with Crippen LogP contribution in [0.2, 0.25) is 0 Å². The molecule has 2 aliphatic rings. The van der Waals surface area contributed by atoms with Gasteiger partial charge < -0.3 is 20.3 Å². The van der Waals surface area contributed by atoms with Gasteiger partial charge in [-0.25, -0.2) is 0 Å². The van der Waals surface area contributed by atoms with Crippen LogP contribution in [0.3, 0.4) is 0 Å². The average Bonchev–Trinajstić information content (AvgIpc) is 3.11. The average molecular weight is 381 g/mol. The van der Waals surface area contributed by atoms with Crippen molar-refractivity contribution in [1.29, 1.82) is 0 Å². The van der Waals surface area contributed by atoms with Crippen LogP contribution in [0.25, 0.3) is 0 Å². The van der Waals surface area contributed by atoms with Crippen LogP contribution in [0.15, 0.2) is 58.6 Å². The van der Waals surface area contributed by atoms with E-state index in [4.69, 9.17) is 15.5 Å². The van der Waals surface area contributed by atoms with E-state index in [2.05, 4.69) is 54.4 Å². The minimum absolute atomic E-state index is 0.00239. The lowest BCUT2D eigenvalue weighted by Crippen LogP contribution is -2.25. The van der Waals surface area contributed by atoms with E-state index in [1.54, 1.807) is 18.9 Å². The molecular formula is C21H24N4OS. The molecular weight excluding hydrogens is 356 g/mol. The predicted octanol–water partition coefficient (Wildman–Crippen LogP) is 4.28. The first kappa shape index (κ1) is 17.8. The first-order valence-corrected chi connectivity index (χ1v) is 9.86. The fourth-order valence-electron chi connectivity index (χ4n) is 3.32. The maximum absolute atomic E-state index is 6.20. The molecule has 1 atom stereocenters. The van der Waals surface area contributed by atoms with E-state index in [9.17, 15) is 0 Å². The second kappa shape index (κ2) is 7.19. The van der Waals surface area contributed by atoms with Gasteiger partial charge in [-0.15, -0.1) is 0 Å². The van der Waals surface area contributed by atoms with Gasteiger partial charge in [-0.2, -0.15) is 0 Å². The lowest BCUT2D eigenvalue weighted by Gasteiger charge is -2.26. The zero-order chi connectivity index (χ0) is 19.0. The van der Waals surface area contributed by atoms with Crippen molar-refractivity contribution in [3.63, 3.8) is 0 Å². The maximum atomic E-state index is 6.20. The van der Waals surface area contributed by atoms with Gasteiger partial charge in [-0.1, -0.05) is 11.8 Å². The Balaban J connectivity index is 1.56. The van der Waals surface area contributed by atoms with Crippen LogP contribution in [0.4, 0.5) is 17.1 Å². The number of methoxy groups -OCH3 is 1. The molecule has 0 saturated heterocycles. The molecule has 2 heterocycles. The highest BCUT2D eigenvalue weighted by atomic mass is 32.2. The molecule has 0 aromatic heterocycles. The predicted molar refractivity (Wildman–Crippen MR) is 116 cm³/mol. The summed E-state index contributed by atoms with van der Waals surface area (Å²) in [7, 11) is 5.78. The van der Waals surface area contributed by atoms with Gasteiger partial charge in [-0.05, 0) is 42.5 Å². The van der Waals surface area contributed by atoms with Crippen molar-refractivity contribution in [2.75, 3.05) is 43.3 Å². The Morgan fingerprint density at radius 2 is 1.96 bits per heavy atom. The van der Waals surface area contributed by atoms with Crippen LogP contribution in [0.1, 0.15) is 17.4 Å². The van der Waals surface area contributed by atoms with E-state index in [-0.39, 0.29) is 5.37 Å². The highest BCUT2D eigenvalue weighted by Gasteiger charge is 2.29. The first-order chi connectivity index (χ1) is 13.0. The van der Waals surface area contributed by atoms with Crippen molar-refractivity contribution in [3.05, 3.63) is 59.1 Å². The standard InChI is InChI=1S/C21H24N4OS/c1-24(2)14-4-6-15(7-5-14)25-11-10-19-20(13-25)27-21(23-19)17-12-16(26-3)8-9-18(17)22/h4-9,12-13,21H,10-11,22H2,1-3H3. The molecule has 5 nitrogen and oxygen atoms in total. The van der Waals surface area contributed by atoms with E-state index in [1.807, 2.05) is 18.2 Å².